The largest absolute Gasteiger partial charge is 0.378 e. The standard InChI is InChI=1S/C17H32N2O2/c1-6-12(5)16-17(20)19(15(18-16)8-11(3)4)13-9-14(10-13)21-7-2/h11-16,18H,6-10H2,1-5H3. The first-order valence-electron chi connectivity index (χ1n) is 8.67. The summed E-state index contributed by atoms with van der Waals surface area (Å²) < 4.78 is 5.66. The average Bonchev–Trinajstić information content (AvgIpc) is 2.69. The fraction of sp³-hybridized carbons (Fsp3) is 0.941. The molecule has 1 saturated heterocycles. The smallest absolute Gasteiger partial charge is 0.241 e. The molecule has 4 heteroatoms. The highest BCUT2D eigenvalue weighted by atomic mass is 16.5. The Morgan fingerprint density at radius 2 is 1.95 bits per heavy atom. The molecule has 0 aromatic heterocycles. The normalized spacial score (nSPS) is 34.4. The van der Waals surface area contributed by atoms with Crippen molar-refractivity contribution in [2.75, 3.05) is 6.61 Å². The van der Waals surface area contributed by atoms with Crippen LogP contribution >= 0.6 is 0 Å². The van der Waals surface area contributed by atoms with Gasteiger partial charge in [-0.05, 0) is 38.0 Å². The molecular formula is C17H32N2O2. The quantitative estimate of drug-likeness (QED) is 0.785. The van der Waals surface area contributed by atoms with E-state index in [9.17, 15) is 4.79 Å². The van der Waals surface area contributed by atoms with E-state index in [0.29, 0.717) is 29.9 Å². The van der Waals surface area contributed by atoms with Gasteiger partial charge < -0.3 is 9.64 Å². The zero-order valence-corrected chi connectivity index (χ0v) is 14.3. The third-order valence-corrected chi connectivity index (χ3v) is 5.00. The first-order valence-corrected chi connectivity index (χ1v) is 8.67. The number of carbonyl (C=O) groups excluding carboxylic acids is 1. The lowest BCUT2D eigenvalue weighted by Gasteiger charge is -2.43. The third kappa shape index (κ3) is 3.59. The van der Waals surface area contributed by atoms with Gasteiger partial charge in [-0.1, -0.05) is 34.1 Å². The molecule has 0 aromatic carbocycles. The fourth-order valence-corrected chi connectivity index (χ4v) is 3.52. The monoisotopic (exact) mass is 296 g/mol. The van der Waals surface area contributed by atoms with E-state index in [1.807, 2.05) is 6.92 Å². The number of nitrogens with one attached hydrogen (secondary N) is 1. The number of ether oxygens (including phenoxy) is 1. The summed E-state index contributed by atoms with van der Waals surface area (Å²) in [6.45, 7) is 11.6. The molecular weight excluding hydrogens is 264 g/mol. The van der Waals surface area contributed by atoms with Gasteiger partial charge in [-0.3, -0.25) is 10.1 Å². The molecule has 2 aliphatic rings. The lowest BCUT2D eigenvalue weighted by atomic mass is 9.86. The number of hydrogen-bond donors (Lipinski definition) is 1. The second kappa shape index (κ2) is 7.10. The summed E-state index contributed by atoms with van der Waals surface area (Å²) in [6.07, 6.45) is 4.65. The minimum absolute atomic E-state index is 0.00453. The van der Waals surface area contributed by atoms with Crippen molar-refractivity contribution in [3.05, 3.63) is 0 Å². The van der Waals surface area contributed by atoms with Crippen LogP contribution in [0.5, 0.6) is 0 Å². The Balaban J connectivity index is 2.03. The van der Waals surface area contributed by atoms with Gasteiger partial charge in [0.2, 0.25) is 5.91 Å². The zero-order chi connectivity index (χ0) is 15.6. The van der Waals surface area contributed by atoms with Gasteiger partial charge >= 0.3 is 0 Å². The minimum Gasteiger partial charge on any atom is -0.378 e. The number of amides is 1. The number of nitrogens with zero attached hydrogens (tertiary/aromatic N) is 1. The zero-order valence-electron chi connectivity index (χ0n) is 14.3. The maximum Gasteiger partial charge on any atom is 0.241 e. The van der Waals surface area contributed by atoms with E-state index in [4.69, 9.17) is 4.74 Å². The Morgan fingerprint density at radius 3 is 2.48 bits per heavy atom. The lowest BCUT2D eigenvalue weighted by molar-refractivity contribution is -0.139. The van der Waals surface area contributed by atoms with Gasteiger partial charge in [0.15, 0.2) is 0 Å². The second-order valence-corrected chi connectivity index (χ2v) is 7.12. The number of carbonyl (C=O) groups is 1. The average molecular weight is 296 g/mol. The molecule has 2 rings (SSSR count). The van der Waals surface area contributed by atoms with E-state index in [2.05, 4.69) is 37.9 Å². The molecule has 0 spiro atoms. The van der Waals surface area contributed by atoms with Crippen LogP contribution in [0.15, 0.2) is 0 Å². The molecule has 1 amide bonds. The van der Waals surface area contributed by atoms with Crippen LogP contribution in [0.4, 0.5) is 0 Å². The van der Waals surface area contributed by atoms with E-state index in [-0.39, 0.29) is 12.2 Å². The molecule has 1 aliphatic heterocycles. The van der Waals surface area contributed by atoms with Gasteiger partial charge in [0.1, 0.15) is 0 Å². The summed E-state index contributed by atoms with van der Waals surface area (Å²) in [5.74, 6) is 1.31. The minimum atomic E-state index is 0.00453. The van der Waals surface area contributed by atoms with Crippen molar-refractivity contribution >= 4 is 5.91 Å². The van der Waals surface area contributed by atoms with Crippen molar-refractivity contribution in [1.82, 2.24) is 10.2 Å². The summed E-state index contributed by atoms with van der Waals surface area (Å²) in [5, 5.41) is 3.60. The van der Waals surface area contributed by atoms with Gasteiger partial charge in [0, 0.05) is 12.6 Å². The van der Waals surface area contributed by atoms with Crippen molar-refractivity contribution in [1.29, 1.82) is 0 Å². The molecule has 122 valence electrons. The molecule has 1 heterocycles. The maximum atomic E-state index is 12.8. The van der Waals surface area contributed by atoms with Crippen molar-refractivity contribution in [3.63, 3.8) is 0 Å². The van der Waals surface area contributed by atoms with Crippen LogP contribution in [0.25, 0.3) is 0 Å². The van der Waals surface area contributed by atoms with Gasteiger partial charge in [0.25, 0.3) is 0 Å². The summed E-state index contributed by atoms with van der Waals surface area (Å²) in [7, 11) is 0. The van der Waals surface area contributed by atoms with E-state index in [1.54, 1.807) is 0 Å². The summed E-state index contributed by atoms with van der Waals surface area (Å²) >= 11 is 0. The van der Waals surface area contributed by atoms with E-state index in [1.165, 1.54) is 0 Å². The molecule has 1 saturated carbocycles. The van der Waals surface area contributed by atoms with Crippen LogP contribution < -0.4 is 5.32 Å². The molecule has 2 fully saturated rings. The summed E-state index contributed by atoms with van der Waals surface area (Å²) in [4.78, 5) is 15.0. The Bertz CT molecular complexity index is 353. The Hall–Kier alpha value is -0.610. The molecule has 1 N–H and O–H groups in total. The molecule has 0 bridgehead atoms. The number of rotatable bonds is 7. The Morgan fingerprint density at radius 1 is 1.29 bits per heavy atom. The second-order valence-electron chi connectivity index (χ2n) is 7.12. The van der Waals surface area contributed by atoms with Crippen LogP contribution in [-0.2, 0) is 9.53 Å². The molecule has 21 heavy (non-hydrogen) atoms. The van der Waals surface area contributed by atoms with Crippen LogP contribution in [0, 0.1) is 11.8 Å². The van der Waals surface area contributed by atoms with E-state index >= 15 is 0 Å². The molecule has 0 aromatic rings. The van der Waals surface area contributed by atoms with Crippen LogP contribution in [0.3, 0.4) is 0 Å². The van der Waals surface area contributed by atoms with Gasteiger partial charge in [-0.25, -0.2) is 0 Å². The highest BCUT2D eigenvalue weighted by molar-refractivity contribution is 5.85. The molecule has 0 radical (unpaired) electrons. The fourth-order valence-electron chi connectivity index (χ4n) is 3.52. The highest BCUT2D eigenvalue weighted by Gasteiger charge is 2.47. The van der Waals surface area contributed by atoms with E-state index in [0.717, 1.165) is 32.3 Å². The highest BCUT2D eigenvalue weighted by Crippen LogP contribution is 2.34. The number of hydrogen-bond acceptors (Lipinski definition) is 3. The molecule has 3 atom stereocenters. The van der Waals surface area contributed by atoms with Gasteiger partial charge in [-0.2, -0.15) is 0 Å². The predicted octanol–water partition coefficient (Wildman–Crippen LogP) is 2.77. The van der Waals surface area contributed by atoms with Crippen molar-refractivity contribution in [2.24, 2.45) is 11.8 Å². The van der Waals surface area contributed by atoms with Crippen LogP contribution in [-0.4, -0.2) is 41.8 Å². The van der Waals surface area contributed by atoms with Crippen molar-refractivity contribution in [3.8, 4) is 0 Å². The first kappa shape index (κ1) is 16.8. The molecule has 3 unspecified atom stereocenters. The molecule has 1 aliphatic carbocycles. The Kier molecular flexibility index (Phi) is 5.67. The topological polar surface area (TPSA) is 41.6 Å². The van der Waals surface area contributed by atoms with E-state index < -0.39 is 0 Å². The first-order chi connectivity index (χ1) is 9.97. The van der Waals surface area contributed by atoms with Crippen LogP contribution in [0.1, 0.15) is 60.3 Å². The molecule has 4 nitrogen and oxygen atoms in total. The maximum absolute atomic E-state index is 12.8. The Labute approximate surface area is 129 Å². The van der Waals surface area contributed by atoms with Gasteiger partial charge in [-0.15, -0.1) is 0 Å². The van der Waals surface area contributed by atoms with Crippen LogP contribution in [0.2, 0.25) is 0 Å². The lowest BCUT2D eigenvalue weighted by Crippen LogP contribution is -2.53. The third-order valence-electron chi connectivity index (χ3n) is 5.00. The SMILES string of the molecule is CCOC1CC(N2C(=O)C(C(C)CC)NC2CC(C)C)C1. The predicted molar refractivity (Wildman–Crippen MR) is 84.9 cm³/mol. The van der Waals surface area contributed by atoms with Gasteiger partial charge in [0.05, 0.1) is 18.3 Å². The van der Waals surface area contributed by atoms with Crippen molar-refractivity contribution in [2.45, 2.75) is 84.7 Å². The summed E-state index contributed by atoms with van der Waals surface area (Å²) in [5.41, 5.74) is 0. The van der Waals surface area contributed by atoms with Crippen molar-refractivity contribution < 1.29 is 9.53 Å². The summed E-state index contributed by atoms with van der Waals surface area (Å²) in [6, 6.07) is 0.379.